The second kappa shape index (κ2) is 4.30. The zero-order valence-corrected chi connectivity index (χ0v) is 11.1. The van der Waals surface area contributed by atoms with Crippen LogP contribution in [0.15, 0.2) is 18.2 Å². The Morgan fingerprint density at radius 3 is 2.63 bits per heavy atom. The van der Waals surface area contributed by atoms with Gasteiger partial charge in [-0.15, -0.1) is 3.89 Å². The van der Waals surface area contributed by atoms with Crippen LogP contribution >= 0.6 is 0 Å². The molecule has 102 valence electrons. The second-order valence-corrected chi connectivity index (χ2v) is 6.73. The first kappa shape index (κ1) is 12.6. The van der Waals surface area contributed by atoms with Crippen LogP contribution in [0.1, 0.15) is 24.0 Å². The fourth-order valence-corrected chi connectivity index (χ4v) is 3.51. The van der Waals surface area contributed by atoms with Gasteiger partial charge in [-0.25, -0.2) is 0 Å². The van der Waals surface area contributed by atoms with Crippen molar-refractivity contribution in [3.8, 4) is 0 Å². The van der Waals surface area contributed by atoms with Gasteiger partial charge < -0.3 is 4.90 Å². The van der Waals surface area contributed by atoms with E-state index < -0.39 is 15.5 Å². The molecule has 0 bridgehead atoms. The van der Waals surface area contributed by atoms with Gasteiger partial charge in [0.05, 0.1) is 0 Å². The lowest BCUT2D eigenvalue weighted by atomic mass is 10.1. The van der Waals surface area contributed by atoms with Crippen LogP contribution in [0.25, 0.3) is 0 Å². The van der Waals surface area contributed by atoms with Gasteiger partial charge in [0.25, 0.3) is 0 Å². The first-order valence-electron chi connectivity index (χ1n) is 6.31. The number of rotatable bonds is 2. The molecule has 1 aliphatic heterocycles. The summed E-state index contributed by atoms with van der Waals surface area (Å²) in [5, 5.41) is -1.23. The van der Waals surface area contributed by atoms with E-state index in [0.29, 0.717) is 5.69 Å². The molecule has 1 aromatic rings. The number of hydrogen-bond acceptors (Lipinski definition) is 3. The molecular formula is C13H14FNO3S. The standard InChI is InChI=1S/C13H14FNO3S/c14-19(17,18)12-7-13(16)15(8-12)11-5-4-9-2-1-3-10(9)6-11/h4-6,12H,1-3,7-8H2. The van der Waals surface area contributed by atoms with Crippen molar-refractivity contribution >= 4 is 21.8 Å². The molecule has 0 aromatic heterocycles. The Kier molecular flexibility index (Phi) is 2.85. The Morgan fingerprint density at radius 1 is 1.21 bits per heavy atom. The summed E-state index contributed by atoms with van der Waals surface area (Å²) in [6, 6.07) is 5.71. The molecule has 19 heavy (non-hydrogen) atoms. The minimum Gasteiger partial charge on any atom is -0.311 e. The van der Waals surface area contributed by atoms with Crippen molar-refractivity contribution in [1.82, 2.24) is 0 Å². The van der Waals surface area contributed by atoms with Crippen LogP contribution in [0.4, 0.5) is 9.57 Å². The highest BCUT2D eigenvalue weighted by Gasteiger charge is 2.39. The molecule has 1 aromatic carbocycles. The topological polar surface area (TPSA) is 54.5 Å². The first-order valence-corrected chi connectivity index (χ1v) is 7.75. The predicted molar refractivity (Wildman–Crippen MR) is 69.3 cm³/mol. The molecule has 0 radical (unpaired) electrons. The summed E-state index contributed by atoms with van der Waals surface area (Å²) >= 11 is 0. The van der Waals surface area contributed by atoms with Crippen molar-refractivity contribution in [2.45, 2.75) is 30.9 Å². The quantitative estimate of drug-likeness (QED) is 0.774. The van der Waals surface area contributed by atoms with E-state index in [9.17, 15) is 17.1 Å². The molecule has 0 spiro atoms. The lowest BCUT2D eigenvalue weighted by Crippen LogP contribution is -2.26. The fraction of sp³-hybridized carbons (Fsp3) is 0.462. The van der Waals surface area contributed by atoms with E-state index in [1.807, 2.05) is 18.2 Å². The number of benzene rings is 1. The van der Waals surface area contributed by atoms with Crippen LogP contribution in [0.2, 0.25) is 0 Å². The molecule has 1 fully saturated rings. The van der Waals surface area contributed by atoms with Crippen LogP contribution in [0.5, 0.6) is 0 Å². The van der Waals surface area contributed by atoms with Gasteiger partial charge in [-0.3, -0.25) is 4.79 Å². The van der Waals surface area contributed by atoms with E-state index >= 15 is 0 Å². The molecule has 3 rings (SSSR count). The minimum atomic E-state index is -4.65. The molecule has 1 saturated heterocycles. The lowest BCUT2D eigenvalue weighted by molar-refractivity contribution is -0.117. The van der Waals surface area contributed by atoms with Gasteiger partial charge in [0.15, 0.2) is 0 Å². The summed E-state index contributed by atoms with van der Waals surface area (Å²) in [6.07, 6.45) is 2.87. The minimum absolute atomic E-state index is 0.0869. The molecule has 4 nitrogen and oxygen atoms in total. The Balaban J connectivity index is 1.89. The van der Waals surface area contributed by atoms with E-state index in [2.05, 4.69) is 0 Å². The van der Waals surface area contributed by atoms with E-state index in [4.69, 9.17) is 0 Å². The zero-order valence-electron chi connectivity index (χ0n) is 10.3. The van der Waals surface area contributed by atoms with Gasteiger partial charge in [-0.05, 0) is 42.5 Å². The summed E-state index contributed by atoms with van der Waals surface area (Å²) in [6.45, 7) is -0.0869. The SMILES string of the molecule is O=C1CC(S(=O)(=O)F)CN1c1ccc2c(c1)CCC2. The van der Waals surface area contributed by atoms with Gasteiger partial charge in [-0.1, -0.05) is 6.07 Å². The average Bonchev–Trinajstić information content (AvgIpc) is 2.92. The largest absolute Gasteiger partial charge is 0.311 e. The van der Waals surface area contributed by atoms with E-state index in [1.165, 1.54) is 16.0 Å². The highest BCUT2D eigenvalue weighted by atomic mass is 32.3. The number of carbonyl (C=O) groups is 1. The van der Waals surface area contributed by atoms with Crippen LogP contribution < -0.4 is 4.90 Å². The van der Waals surface area contributed by atoms with E-state index in [0.717, 1.165) is 19.3 Å². The highest BCUT2D eigenvalue weighted by Crippen LogP contribution is 2.30. The van der Waals surface area contributed by atoms with Crippen molar-refractivity contribution in [2.75, 3.05) is 11.4 Å². The molecule has 0 saturated carbocycles. The zero-order chi connectivity index (χ0) is 13.6. The number of carbonyl (C=O) groups excluding carboxylic acids is 1. The third-order valence-corrected chi connectivity index (χ3v) is 4.99. The van der Waals surface area contributed by atoms with Gasteiger partial charge in [-0.2, -0.15) is 8.42 Å². The number of anilines is 1. The number of aryl methyl sites for hydroxylation is 2. The maximum Gasteiger partial charge on any atom is 0.307 e. The van der Waals surface area contributed by atoms with Gasteiger partial charge in [0.1, 0.15) is 5.25 Å². The lowest BCUT2D eigenvalue weighted by Gasteiger charge is -2.17. The Bertz CT molecular complexity index is 641. The van der Waals surface area contributed by atoms with Crippen LogP contribution in [0, 0.1) is 0 Å². The number of nitrogens with zero attached hydrogens (tertiary/aromatic N) is 1. The van der Waals surface area contributed by atoms with Crippen molar-refractivity contribution in [1.29, 1.82) is 0 Å². The molecule has 1 aliphatic carbocycles. The van der Waals surface area contributed by atoms with Gasteiger partial charge in [0.2, 0.25) is 5.91 Å². The van der Waals surface area contributed by atoms with Crippen LogP contribution in [-0.4, -0.2) is 26.1 Å². The molecule has 1 atom stereocenters. The number of amides is 1. The monoisotopic (exact) mass is 283 g/mol. The van der Waals surface area contributed by atoms with Gasteiger partial charge in [0, 0.05) is 18.7 Å². The normalized spacial score (nSPS) is 22.9. The van der Waals surface area contributed by atoms with E-state index in [1.54, 1.807) is 0 Å². The van der Waals surface area contributed by atoms with E-state index in [-0.39, 0.29) is 18.9 Å². The maximum atomic E-state index is 13.0. The molecule has 1 amide bonds. The Morgan fingerprint density at radius 2 is 1.95 bits per heavy atom. The highest BCUT2D eigenvalue weighted by molar-refractivity contribution is 7.87. The predicted octanol–water partition coefficient (Wildman–Crippen LogP) is 1.58. The summed E-state index contributed by atoms with van der Waals surface area (Å²) in [5.41, 5.74) is 3.17. The third kappa shape index (κ3) is 2.25. The van der Waals surface area contributed by atoms with Gasteiger partial charge >= 0.3 is 10.2 Å². The summed E-state index contributed by atoms with van der Waals surface area (Å²) in [5.74, 6) is -0.329. The smallest absolute Gasteiger partial charge is 0.307 e. The van der Waals surface area contributed by atoms with Crippen molar-refractivity contribution in [2.24, 2.45) is 0 Å². The molecular weight excluding hydrogens is 269 g/mol. The Hall–Kier alpha value is -1.43. The number of fused-ring (bicyclic) bond motifs is 1. The molecule has 0 N–H and O–H groups in total. The second-order valence-electron chi connectivity index (χ2n) is 5.11. The fourth-order valence-electron chi connectivity index (χ4n) is 2.84. The first-order chi connectivity index (χ1) is 8.95. The third-order valence-electron chi connectivity index (χ3n) is 3.88. The maximum absolute atomic E-state index is 13.0. The summed E-state index contributed by atoms with van der Waals surface area (Å²) < 4.78 is 34.8. The van der Waals surface area contributed by atoms with Crippen molar-refractivity contribution < 1.29 is 17.1 Å². The van der Waals surface area contributed by atoms with Crippen molar-refractivity contribution in [3.63, 3.8) is 0 Å². The molecule has 6 heteroatoms. The molecule has 1 heterocycles. The average molecular weight is 283 g/mol. The number of hydrogen-bond donors (Lipinski definition) is 0. The number of halogens is 1. The van der Waals surface area contributed by atoms with Crippen LogP contribution in [0.3, 0.4) is 0 Å². The summed E-state index contributed by atoms with van der Waals surface area (Å²) in [4.78, 5) is 13.2. The van der Waals surface area contributed by atoms with Crippen molar-refractivity contribution in [3.05, 3.63) is 29.3 Å². The molecule has 2 aliphatic rings. The Labute approximate surface area is 111 Å². The molecule has 1 unspecified atom stereocenters. The summed E-state index contributed by atoms with van der Waals surface area (Å²) in [7, 11) is -4.65. The van der Waals surface area contributed by atoms with Crippen LogP contribution in [-0.2, 0) is 27.9 Å².